The van der Waals surface area contributed by atoms with Gasteiger partial charge in [0.25, 0.3) is 0 Å². The summed E-state index contributed by atoms with van der Waals surface area (Å²) in [4.78, 5) is 13.8. The summed E-state index contributed by atoms with van der Waals surface area (Å²) in [7, 11) is 1.94. The van der Waals surface area contributed by atoms with Crippen LogP contribution >= 0.6 is 0 Å². The largest absolute Gasteiger partial charge is 0.345 e. The summed E-state index contributed by atoms with van der Waals surface area (Å²) in [6.07, 6.45) is 7.07. The Kier molecular flexibility index (Phi) is 1.38. The molecule has 1 aliphatic heterocycles. The van der Waals surface area contributed by atoms with Gasteiger partial charge >= 0.3 is 0 Å². The van der Waals surface area contributed by atoms with Crippen LogP contribution in [0.3, 0.4) is 0 Å². The Morgan fingerprint density at radius 3 is 3.00 bits per heavy atom. The molecule has 3 aliphatic rings. The zero-order valence-corrected chi connectivity index (χ0v) is 7.94. The van der Waals surface area contributed by atoms with Crippen molar-refractivity contribution in [2.45, 2.75) is 12.8 Å². The van der Waals surface area contributed by atoms with Crippen LogP contribution in [0.25, 0.3) is 0 Å². The fraction of sp³-hybridized carbons (Fsp3) is 0.727. The molecule has 3 rings (SSSR count). The summed E-state index contributed by atoms with van der Waals surface area (Å²) in [5, 5.41) is 0. The van der Waals surface area contributed by atoms with Crippen LogP contribution in [0.4, 0.5) is 0 Å². The molecule has 0 N–H and O–H groups in total. The Bertz CT molecular complexity index is 284. The fourth-order valence-corrected chi connectivity index (χ4v) is 3.39. The van der Waals surface area contributed by atoms with Crippen molar-refractivity contribution >= 4 is 5.91 Å². The minimum absolute atomic E-state index is 0.341. The molecule has 0 aromatic heterocycles. The van der Waals surface area contributed by atoms with Crippen molar-refractivity contribution in [2.75, 3.05) is 13.6 Å². The van der Waals surface area contributed by atoms with E-state index in [1.54, 1.807) is 0 Å². The van der Waals surface area contributed by atoms with Gasteiger partial charge in [0.05, 0.1) is 0 Å². The first-order valence-corrected chi connectivity index (χ1v) is 5.20. The predicted octanol–water partition coefficient (Wildman–Crippen LogP) is 1.29. The molecule has 13 heavy (non-hydrogen) atoms. The van der Waals surface area contributed by atoms with Crippen LogP contribution < -0.4 is 0 Å². The van der Waals surface area contributed by atoms with Gasteiger partial charge in [0.2, 0.25) is 5.91 Å². The van der Waals surface area contributed by atoms with Crippen molar-refractivity contribution in [3.8, 4) is 0 Å². The zero-order chi connectivity index (χ0) is 9.00. The first-order valence-electron chi connectivity index (χ1n) is 5.20. The van der Waals surface area contributed by atoms with Gasteiger partial charge < -0.3 is 4.90 Å². The Hall–Kier alpha value is -0.790. The standard InChI is InChI=1S/C11H15NO/c1-12-5-4-9-7-2-3-8(6-7)10(9)11(12)13/h2-3,7-10H,4-6H2,1H3. The van der Waals surface area contributed by atoms with Crippen LogP contribution in [0, 0.1) is 23.7 Å². The minimum atomic E-state index is 0.341. The van der Waals surface area contributed by atoms with Crippen LogP contribution in [0.2, 0.25) is 0 Å². The molecule has 2 bridgehead atoms. The number of allylic oxidation sites excluding steroid dienone is 2. The number of hydrogen-bond acceptors (Lipinski definition) is 1. The number of hydrogen-bond donors (Lipinski definition) is 0. The highest BCUT2D eigenvalue weighted by Crippen LogP contribution is 2.51. The second-order valence-electron chi connectivity index (χ2n) is 4.69. The lowest BCUT2D eigenvalue weighted by atomic mass is 9.78. The van der Waals surface area contributed by atoms with Gasteiger partial charge in [-0.25, -0.2) is 0 Å². The van der Waals surface area contributed by atoms with Crippen LogP contribution in [-0.2, 0) is 4.79 Å². The van der Waals surface area contributed by atoms with Crippen LogP contribution in [-0.4, -0.2) is 24.4 Å². The van der Waals surface area contributed by atoms with Crippen LogP contribution in [0.5, 0.6) is 0 Å². The molecule has 1 heterocycles. The smallest absolute Gasteiger partial charge is 0.226 e. The molecule has 2 nitrogen and oxygen atoms in total. The van der Waals surface area contributed by atoms with E-state index in [2.05, 4.69) is 12.2 Å². The lowest BCUT2D eigenvalue weighted by molar-refractivity contribution is -0.140. The van der Waals surface area contributed by atoms with Crippen LogP contribution in [0.1, 0.15) is 12.8 Å². The highest BCUT2D eigenvalue weighted by Gasteiger charge is 2.50. The number of likely N-dealkylation sites (tertiary alicyclic amines) is 1. The number of fused-ring (bicyclic) bond motifs is 5. The highest BCUT2D eigenvalue weighted by atomic mass is 16.2. The van der Waals surface area contributed by atoms with Crippen molar-refractivity contribution in [3.63, 3.8) is 0 Å². The topological polar surface area (TPSA) is 20.3 Å². The highest BCUT2D eigenvalue weighted by molar-refractivity contribution is 5.81. The summed E-state index contributed by atoms with van der Waals surface area (Å²) >= 11 is 0. The third-order valence-corrected chi connectivity index (χ3v) is 4.08. The van der Waals surface area contributed by atoms with Gasteiger partial charge in [0, 0.05) is 19.5 Å². The van der Waals surface area contributed by atoms with Gasteiger partial charge in [0.1, 0.15) is 0 Å². The maximum atomic E-state index is 11.9. The quantitative estimate of drug-likeness (QED) is 0.510. The summed E-state index contributed by atoms with van der Waals surface area (Å²) in [6, 6.07) is 0. The molecule has 1 saturated carbocycles. The molecule has 1 amide bonds. The molecular weight excluding hydrogens is 162 g/mol. The molecule has 0 aromatic carbocycles. The normalized spacial score (nSPS) is 47.2. The number of nitrogens with zero attached hydrogens (tertiary/aromatic N) is 1. The molecule has 0 radical (unpaired) electrons. The van der Waals surface area contributed by atoms with Crippen LogP contribution in [0.15, 0.2) is 12.2 Å². The second kappa shape index (κ2) is 2.37. The van der Waals surface area contributed by atoms with Crippen molar-refractivity contribution in [2.24, 2.45) is 23.7 Å². The average Bonchev–Trinajstić information content (AvgIpc) is 2.70. The number of rotatable bonds is 0. The van der Waals surface area contributed by atoms with Gasteiger partial charge in [-0.3, -0.25) is 4.79 Å². The fourth-order valence-electron chi connectivity index (χ4n) is 3.39. The first-order chi connectivity index (χ1) is 6.27. The lowest BCUT2D eigenvalue weighted by Gasteiger charge is -2.36. The van der Waals surface area contributed by atoms with Gasteiger partial charge in [0.15, 0.2) is 0 Å². The molecule has 4 unspecified atom stereocenters. The maximum absolute atomic E-state index is 11.9. The number of carbonyl (C=O) groups is 1. The second-order valence-corrected chi connectivity index (χ2v) is 4.69. The number of carbonyl (C=O) groups excluding carboxylic acids is 1. The summed E-state index contributed by atoms with van der Waals surface area (Å²) < 4.78 is 0. The van der Waals surface area contributed by atoms with E-state index in [9.17, 15) is 4.79 Å². The van der Waals surface area contributed by atoms with Crippen molar-refractivity contribution < 1.29 is 4.79 Å². The Balaban J connectivity index is 1.95. The van der Waals surface area contributed by atoms with Crippen molar-refractivity contribution in [1.29, 1.82) is 0 Å². The molecule has 2 heteroatoms. The van der Waals surface area contributed by atoms with Gasteiger partial charge in [-0.2, -0.15) is 0 Å². The maximum Gasteiger partial charge on any atom is 0.226 e. The van der Waals surface area contributed by atoms with E-state index in [1.165, 1.54) is 12.8 Å². The summed E-state index contributed by atoms with van der Waals surface area (Å²) in [5.41, 5.74) is 0. The van der Waals surface area contributed by atoms with Gasteiger partial charge in [-0.1, -0.05) is 12.2 Å². The summed E-state index contributed by atoms with van der Waals surface area (Å²) in [5.74, 6) is 2.72. The van der Waals surface area contributed by atoms with E-state index in [1.807, 2.05) is 11.9 Å². The monoisotopic (exact) mass is 177 g/mol. The molecule has 2 fully saturated rings. The Morgan fingerprint density at radius 2 is 2.15 bits per heavy atom. The average molecular weight is 177 g/mol. The Labute approximate surface area is 78.6 Å². The lowest BCUT2D eigenvalue weighted by Crippen LogP contribution is -2.44. The molecular formula is C11H15NO. The molecule has 2 aliphatic carbocycles. The van der Waals surface area contributed by atoms with Crippen molar-refractivity contribution in [3.05, 3.63) is 12.2 Å². The third kappa shape index (κ3) is 0.862. The summed E-state index contributed by atoms with van der Waals surface area (Å²) in [6.45, 7) is 0.969. The number of piperidine rings is 1. The first kappa shape index (κ1) is 7.60. The minimum Gasteiger partial charge on any atom is -0.345 e. The van der Waals surface area contributed by atoms with E-state index >= 15 is 0 Å². The molecule has 0 aromatic rings. The van der Waals surface area contributed by atoms with E-state index < -0.39 is 0 Å². The number of amides is 1. The predicted molar refractivity (Wildman–Crippen MR) is 50.0 cm³/mol. The van der Waals surface area contributed by atoms with Crippen molar-refractivity contribution in [1.82, 2.24) is 4.90 Å². The van der Waals surface area contributed by atoms with Gasteiger partial charge in [-0.05, 0) is 30.6 Å². The zero-order valence-electron chi connectivity index (χ0n) is 7.94. The van der Waals surface area contributed by atoms with E-state index in [0.717, 1.165) is 12.5 Å². The molecule has 0 spiro atoms. The SMILES string of the molecule is CN1CCC2C3C=CC(C3)C2C1=O. The third-order valence-electron chi connectivity index (χ3n) is 4.08. The van der Waals surface area contributed by atoms with E-state index in [-0.39, 0.29) is 0 Å². The molecule has 70 valence electrons. The Morgan fingerprint density at radius 1 is 1.38 bits per heavy atom. The van der Waals surface area contributed by atoms with E-state index in [4.69, 9.17) is 0 Å². The van der Waals surface area contributed by atoms with E-state index in [0.29, 0.717) is 23.7 Å². The molecule has 4 atom stereocenters. The van der Waals surface area contributed by atoms with Gasteiger partial charge in [-0.15, -0.1) is 0 Å². The molecule has 1 saturated heterocycles.